The van der Waals surface area contributed by atoms with E-state index in [1.54, 1.807) is 0 Å². The molecule has 146 valence electrons. The standard InChI is InChI=1S/C20H30N6O/c21-18-17-15-8-9-26(13-5-2-1-3-6-13)12-16(15)19(23-20(17)25-24-18)22-11-14-7-4-10-27-14/h13-14H,1-12H2,(H4,21,22,23,24,25)/t14-/m1/s1. The molecule has 0 aromatic carbocycles. The lowest BCUT2D eigenvalue weighted by atomic mass is 9.90. The van der Waals surface area contributed by atoms with Crippen LogP contribution in [0.1, 0.15) is 56.1 Å². The first-order valence-corrected chi connectivity index (χ1v) is 10.5. The lowest BCUT2D eigenvalue weighted by molar-refractivity contribution is 0.120. The maximum Gasteiger partial charge on any atom is 0.185 e. The number of nitrogens with zero attached hydrogens (tertiary/aromatic N) is 3. The van der Waals surface area contributed by atoms with Gasteiger partial charge in [0, 0.05) is 37.8 Å². The molecule has 0 unspecified atom stereocenters. The molecule has 2 aliphatic heterocycles. The number of hydrogen-bond acceptors (Lipinski definition) is 6. The Morgan fingerprint density at radius 3 is 2.85 bits per heavy atom. The zero-order valence-electron chi connectivity index (χ0n) is 16.0. The predicted octanol–water partition coefficient (Wildman–Crippen LogP) is 2.82. The molecule has 0 bridgehead atoms. The SMILES string of the molecule is Nc1[nH]nc2nc(NC[C@H]3CCCO3)c3c(c12)CCN(C1CCCCC1)C3. The number of hydrogen-bond donors (Lipinski definition) is 3. The second-order valence-electron chi connectivity index (χ2n) is 8.28. The summed E-state index contributed by atoms with van der Waals surface area (Å²) in [4.78, 5) is 7.50. The Morgan fingerprint density at radius 1 is 1.15 bits per heavy atom. The zero-order valence-corrected chi connectivity index (χ0v) is 16.0. The highest BCUT2D eigenvalue weighted by Crippen LogP contribution is 2.35. The van der Waals surface area contributed by atoms with Crippen LogP contribution < -0.4 is 11.1 Å². The highest BCUT2D eigenvalue weighted by Gasteiger charge is 2.29. The molecule has 27 heavy (non-hydrogen) atoms. The Bertz CT molecular complexity index is 806. The smallest absolute Gasteiger partial charge is 0.185 e. The van der Waals surface area contributed by atoms with Gasteiger partial charge in [-0.25, -0.2) is 4.98 Å². The molecular formula is C20H30N6O. The first-order valence-electron chi connectivity index (χ1n) is 10.5. The number of aromatic nitrogens is 3. The first kappa shape index (κ1) is 17.3. The minimum Gasteiger partial charge on any atom is -0.384 e. The monoisotopic (exact) mass is 370 g/mol. The summed E-state index contributed by atoms with van der Waals surface area (Å²) in [7, 11) is 0. The normalized spacial score (nSPS) is 24.4. The van der Waals surface area contributed by atoms with Gasteiger partial charge >= 0.3 is 0 Å². The van der Waals surface area contributed by atoms with Crippen LogP contribution in [-0.2, 0) is 17.7 Å². The molecule has 7 nitrogen and oxygen atoms in total. The molecule has 7 heteroatoms. The van der Waals surface area contributed by atoms with E-state index in [4.69, 9.17) is 15.5 Å². The van der Waals surface area contributed by atoms with Crippen LogP contribution in [0.3, 0.4) is 0 Å². The summed E-state index contributed by atoms with van der Waals surface area (Å²) in [5.41, 5.74) is 9.56. The maximum absolute atomic E-state index is 6.19. The summed E-state index contributed by atoms with van der Waals surface area (Å²) in [5, 5.41) is 11.9. The summed E-state index contributed by atoms with van der Waals surface area (Å²) in [6.07, 6.45) is 10.4. The number of nitrogens with one attached hydrogen (secondary N) is 2. The van der Waals surface area contributed by atoms with Crippen LogP contribution >= 0.6 is 0 Å². The Labute approximate surface area is 160 Å². The summed E-state index contributed by atoms with van der Waals surface area (Å²) in [5.74, 6) is 1.62. The molecule has 3 aliphatic rings. The largest absolute Gasteiger partial charge is 0.384 e. The number of rotatable bonds is 4. The van der Waals surface area contributed by atoms with Crippen LogP contribution in [-0.4, -0.2) is 51.9 Å². The first-order chi connectivity index (χ1) is 13.3. The third kappa shape index (κ3) is 3.27. The number of nitrogens with two attached hydrogens (primary N) is 1. The summed E-state index contributed by atoms with van der Waals surface area (Å²) in [6, 6.07) is 0.718. The average Bonchev–Trinajstić information content (AvgIpc) is 3.36. The quantitative estimate of drug-likeness (QED) is 0.766. The molecule has 2 fully saturated rings. The molecule has 4 heterocycles. The molecule has 1 saturated carbocycles. The van der Waals surface area contributed by atoms with Crippen LogP contribution in [0, 0.1) is 0 Å². The van der Waals surface area contributed by atoms with E-state index in [9.17, 15) is 0 Å². The molecular weight excluding hydrogens is 340 g/mol. The lowest BCUT2D eigenvalue weighted by Crippen LogP contribution is -2.40. The summed E-state index contributed by atoms with van der Waals surface area (Å²) >= 11 is 0. The van der Waals surface area contributed by atoms with Crippen molar-refractivity contribution in [3.8, 4) is 0 Å². The fourth-order valence-electron chi connectivity index (χ4n) is 5.09. The fourth-order valence-corrected chi connectivity index (χ4v) is 5.09. The average molecular weight is 371 g/mol. The Balaban J connectivity index is 1.46. The van der Waals surface area contributed by atoms with E-state index in [1.165, 1.54) is 43.2 Å². The van der Waals surface area contributed by atoms with E-state index < -0.39 is 0 Å². The minimum atomic E-state index is 0.292. The van der Waals surface area contributed by atoms with Crippen molar-refractivity contribution in [1.29, 1.82) is 0 Å². The van der Waals surface area contributed by atoms with Crippen molar-refractivity contribution in [3.63, 3.8) is 0 Å². The third-order valence-electron chi connectivity index (χ3n) is 6.57. The highest BCUT2D eigenvalue weighted by molar-refractivity contribution is 5.92. The number of ether oxygens (including phenoxy) is 1. The number of aromatic amines is 1. The van der Waals surface area contributed by atoms with Gasteiger partial charge in [0.2, 0.25) is 0 Å². The molecule has 2 aromatic heterocycles. The second kappa shape index (κ2) is 7.28. The van der Waals surface area contributed by atoms with Gasteiger partial charge < -0.3 is 15.8 Å². The van der Waals surface area contributed by atoms with Crippen LogP contribution in [0.4, 0.5) is 11.6 Å². The van der Waals surface area contributed by atoms with Crippen LogP contribution in [0.2, 0.25) is 0 Å². The molecule has 2 aromatic rings. The second-order valence-corrected chi connectivity index (χ2v) is 8.28. The van der Waals surface area contributed by atoms with Gasteiger partial charge in [0.1, 0.15) is 11.6 Å². The van der Waals surface area contributed by atoms with Crippen LogP contribution in [0.5, 0.6) is 0 Å². The van der Waals surface area contributed by atoms with Gasteiger partial charge in [-0.05, 0) is 37.7 Å². The van der Waals surface area contributed by atoms with Crippen LogP contribution in [0.25, 0.3) is 11.0 Å². The molecule has 0 spiro atoms. The van der Waals surface area contributed by atoms with E-state index in [2.05, 4.69) is 20.4 Å². The number of H-pyrrole nitrogens is 1. The Morgan fingerprint density at radius 2 is 2.04 bits per heavy atom. The van der Waals surface area contributed by atoms with Crippen molar-refractivity contribution in [2.75, 3.05) is 30.7 Å². The van der Waals surface area contributed by atoms with E-state index in [0.29, 0.717) is 11.9 Å². The molecule has 0 amide bonds. The van der Waals surface area contributed by atoms with Crippen molar-refractivity contribution >= 4 is 22.7 Å². The van der Waals surface area contributed by atoms with Crippen molar-refractivity contribution in [1.82, 2.24) is 20.1 Å². The number of anilines is 2. The lowest BCUT2D eigenvalue weighted by Gasteiger charge is -2.38. The van der Waals surface area contributed by atoms with E-state index >= 15 is 0 Å². The van der Waals surface area contributed by atoms with Crippen molar-refractivity contribution in [2.24, 2.45) is 0 Å². The van der Waals surface area contributed by atoms with E-state index in [0.717, 1.165) is 68.4 Å². The summed E-state index contributed by atoms with van der Waals surface area (Å²) in [6.45, 7) is 3.75. The number of fused-ring (bicyclic) bond motifs is 3. The summed E-state index contributed by atoms with van der Waals surface area (Å²) < 4.78 is 5.78. The molecule has 4 N–H and O–H groups in total. The molecule has 0 radical (unpaired) electrons. The van der Waals surface area contributed by atoms with Crippen molar-refractivity contribution in [2.45, 2.75) is 70.1 Å². The predicted molar refractivity (Wildman–Crippen MR) is 107 cm³/mol. The molecule has 1 saturated heterocycles. The Kier molecular flexibility index (Phi) is 4.65. The fraction of sp³-hybridized carbons (Fsp3) is 0.700. The molecule has 1 atom stereocenters. The zero-order chi connectivity index (χ0) is 18.2. The van der Waals surface area contributed by atoms with Crippen molar-refractivity contribution < 1.29 is 4.74 Å². The van der Waals surface area contributed by atoms with Gasteiger partial charge in [0.15, 0.2) is 5.65 Å². The maximum atomic E-state index is 6.19. The minimum absolute atomic E-state index is 0.292. The van der Waals surface area contributed by atoms with Crippen molar-refractivity contribution in [3.05, 3.63) is 11.1 Å². The molecule has 1 aliphatic carbocycles. The van der Waals surface area contributed by atoms with Gasteiger partial charge in [0.05, 0.1) is 11.5 Å². The van der Waals surface area contributed by atoms with Crippen LogP contribution in [0.15, 0.2) is 0 Å². The van der Waals surface area contributed by atoms with E-state index in [1.807, 2.05) is 0 Å². The van der Waals surface area contributed by atoms with E-state index in [-0.39, 0.29) is 0 Å². The van der Waals surface area contributed by atoms with Gasteiger partial charge in [-0.3, -0.25) is 10.00 Å². The topological polar surface area (TPSA) is 92.1 Å². The van der Waals surface area contributed by atoms with Gasteiger partial charge in [0.25, 0.3) is 0 Å². The number of pyridine rings is 1. The third-order valence-corrected chi connectivity index (χ3v) is 6.57. The van der Waals surface area contributed by atoms with Gasteiger partial charge in [-0.15, -0.1) is 0 Å². The van der Waals surface area contributed by atoms with Gasteiger partial charge in [-0.2, -0.15) is 5.10 Å². The number of nitrogen functional groups attached to an aromatic ring is 1. The molecule has 5 rings (SSSR count). The van der Waals surface area contributed by atoms with Gasteiger partial charge in [-0.1, -0.05) is 19.3 Å². The Hall–Kier alpha value is -1.86. The highest BCUT2D eigenvalue weighted by atomic mass is 16.5.